The van der Waals surface area contributed by atoms with E-state index in [9.17, 15) is 14.7 Å². The van der Waals surface area contributed by atoms with Crippen molar-refractivity contribution < 1.29 is 19.4 Å². The lowest BCUT2D eigenvalue weighted by molar-refractivity contribution is -0.136. The zero-order chi connectivity index (χ0) is 18.0. The Labute approximate surface area is 149 Å². The summed E-state index contributed by atoms with van der Waals surface area (Å²) < 4.78 is 4.91. The zero-order valence-electron chi connectivity index (χ0n) is 13.2. The Morgan fingerprint density at radius 1 is 1.20 bits per heavy atom. The third-order valence-electron chi connectivity index (χ3n) is 3.84. The lowest BCUT2D eigenvalue weighted by atomic mass is 9.92. The first-order chi connectivity index (χ1) is 12.0. The molecule has 0 radical (unpaired) electrons. The molecule has 2 amide bonds. The maximum absolute atomic E-state index is 12.4. The number of hydrogen-bond donors (Lipinski definition) is 3. The first-order valence-electron chi connectivity index (χ1n) is 7.45. The van der Waals surface area contributed by atoms with Gasteiger partial charge in [0.15, 0.2) is 0 Å². The van der Waals surface area contributed by atoms with Gasteiger partial charge in [-0.3, -0.25) is 0 Å². The molecule has 0 aromatic heterocycles. The van der Waals surface area contributed by atoms with Crippen LogP contribution < -0.4 is 10.6 Å². The zero-order valence-corrected chi connectivity index (χ0v) is 14.0. The number of halogens is 1. The molecule has 2 aromatic rings. The molecule has 2 aromatic carbocycles. The summed E-state index contributed by atoms with van der Waals surface area (Å²) in [6, 6.07) is 12.3. The van der Waals surface area contributed by atoms with Gasteiger partial charge in [0, 0.05) is 0 Å². The highest BCUT2D eigenvalue weighted by atomic mass is 35.5. The van der Waals surface area contributed by atoms with E-state index < -0.39 is 18.0 Å². The Balaban J connectivity index is 2.20. The van der Waals surface area contributed by atoms with Gasteiger partial charge in [-0.1, -0.05) is 48.0 Å². The van der Waals surface area contributed by atoms with Crippen molar-refractivity contribution in [1.82, 2.24) is 10.6 Å². The maximum atomic E-state index is 12.4. The van der Waals surface area contributed by atoms with Gasteiger partial charge in [0.25, 0.3) is 0 Å². The molecular formula is C18H15ClN2O4. The van der Waals surface area contributed by atoms with Gasteiger partial charge in [0.05, 0.1) is 29.4 Å². The Bertz CT molecular complexity index is 865. The van der Waals surface area contributed by atoms with E-state index in [-0.39, 0.29) is 16.3 Å². The molecule has 3 rings (SSSR count). The Morgan fingerprint density at radius 2 is 1.92 bits per heavy atom. The number of carbonyl (C=O) groups excluding carboxylic acids is 2. The number of rotatable bonds is 3. The fraction of sp³-hybridized carbons (Fsp3) is 0.111. The molecule has 1 atom stereocenters. The second kappa shape index (κ2) is 6.86. The van der Waals surface area contributed by atoms with Crippen LogP contribution in [-0.4, -0.2) is 24.2 Å². The van der Waals surface area contributed by atoms with E-state index in [1.807, 2.05) is 6.07 Å². The lowest BCUT2D eigenvalue weighted by Gasteiger charge is -2.29. The van der Waals surface area contributed by atoms with E-state index in [1.54, 1.807) is 30.3 Å². The van der Waals surface area contributed by atoms with Crippen molar-refractivity contribution in [3.63, 3.8) is 0 Å². The Kier molecular flexibility index (Phi) is 4.63. The van der Waals surface area contributed by atoms with Gasteiger partial charge in [-0.15, -0.1) is 0 Å². The van der Waals surface area contributed by atoms with Crippen molar-refractivity contribution in [2.75, 3.05) is 7.11 Å². The summed E-state index contributed by atoms with van der Waals surface area (Å²) in [5, 5.41) is 15.1. The third kappa shape index (κ3) is 3.29. The average Bonchev–Trinajstić information content (AvgIpc) is 2.63. The molecule has 0 spiro atoms. The van der Waals surface area contributed by atoms with Gasteiger partial charge in [-0.2, -0.15) is 0 Å². The van der Waals surface area contributed by atoms with Crippen molar-refractivity contribution in [3.05, 3.63) is 70.3 Å². The largest absolute Gasteiger partial charge is 0.506 e. The summed E-state index contributed by atoms with van der Waals surface area (Å²) in [5.41, 5.74) is 1.83. The van der Waals surface area contributed by atoms with Crippen LogP contribution in [0.15, 0.2) is 54.1 Å². The fourth-order valence-corrected chi connectivity index (χ4v) is 2.87. The number of urea groups is 1. The first-order valence-corrected chi connectivity index (χ1v) is 7.83. The number of benzene rings is 2. The van der Waals surface area contributed by atoms with Gasteiger partial charge in [-0.05, 0) is 23.3 Å². The quantitative estimate of drug-likeness (QED) is 0.736. The van der Waals surface area contributed by atoms with Crippen LogP contribution in [0, 0.1) is 0 Å². The van der Waals surface area contributed by atoms with E-state index in [1.165, 1.54) is 19.2 Å². The lowest BCUT2D eigenvalue weighted by Crippen LogP contribution is -2.45. The number of amides is 2. The molecule has 1 aliphatic heterocycles. The van der Waals surface area contributed by atoms with E-state index in [4.69, 9.17) is 16.3 Å². The summed E-state index contributed by atoms with van der Waals surface area (Å²) in [6.45, 7) is 0. The number of hydrogen-bond acceptors (Lipinski definition) is 4. The van der Waals surface area contributed by atoms with Crippen LogP contribution in [0.5, 0.6) is 5.75 Å². The molecule has 0 aliphatic carbocycles. The van der Waals surface area contributed by atoms with Crippen LogP contribution in [0.25, 0.3) is 5.70 Å². The van der Waals surface area contributed by atoms with Crippen LogP contribution in [0.4, 0.5) is 4.79 Å². The van der Waals surface area contributed by atoms with Gasteiger partial charge < -0.3 is 20.5 Å². The number of phenolic OH excluding ortho intramolecular Hbond substituents is 1. The van der Waals surface area contributed by atoms with E-state index in [0.29, 0.717) is 16.8 Å². The van der Waals surface area contributed by atoms with Crippen LogP contribution >= 0.6 is 11.6 Å². The highest BCUT2D eigenvalue weighted by Gasteiger charge is 2.34. The number of ether oxygens (including phenoxy) is 1. The SMILES string of the molecule is COC(=O)C1=C(c2ccccc2)NC(=O)NC1c1ccc(O)c(Cl)c1. The molecule has 1 heterocycles. The molecule has 3 N–H and O–H groups in total. The smallest absolute Gasteiger partial charge is 0.338 e. The first kappa shape index (κ1) is 16.9. The van der Waals surface area contributed by atoms with E-state index in [2.05, 4.69) is 10.6 Å². The topological polar surface area (TPSA) is 87.7 Å². The normalized spacial score (nSPS) is 16.9. The monoisotopic (exact) mass is 358 g/mol. The summed E-state index contributed by atoms with van der Waals surface area (Å²) in [6.07, 6.45) is 0. The second-order valence-electron chi connectivity index (χ2n) is 5.39. The van der Waals surface area contributed by atoms with E-state index >= 15 is 0 Å². The summed E-state index contributed by atoms with van der Waals surface area (Å²) in [4.78, 5) is 24.6. The number of methoxy groups -OCH3 is 1. The molecule has 25 heavy (non-hydrogen) atoms. The average molecular weight is 359 g/mol. The van der Waals surface area contributed by atoms with Gasteiger partial charge in [0.1, 0.15) is 5.75 Å². The minimum Gasteiger partial charge on any atom is -0.506 e. The van der Waals surface area contributed by atoms with Gasteiger partial charge in [0.2, 0.25) is 0 Å². The number of esters is 1. The number of phenols is 1. The highest BCUT2D eigenvalue weighted by molar-refractivity contribution is 6.32. The molecule has 0 bridgehead atoms. The summed E-state index contributed by atoms with van der Waals surface area (Å²) >= 11 is 5.97. The molecule has 1 unspecified atom stereocenters. The Hall–Kier alpha value is -2.99. The molecule has 0 saturated carbocycles. The van der Waals surface area contributed by atoms with E-state index in [0.717, 1.165) is 0 Å². The summed E-state index contributed by atoms with van der Waals surface area (Å²) in [5.74, 6) is -0.668. The van der Waals surface area contributed by atoms with Gasteiger partial charge >= 0.3 is 12.0 Å². The van der Waals surface area contributed by atoms with Crippen molar-refractivity contribution in [1.29, 1.82) is 0 Å². The summed E-state index contributed by atoms with van der Waals surface area (Å²) in [7, 11) is 1.27. The fourth-order valence-electron chi connectivity index (χ4n) is 2.68. The standard InChI is InChI=1S/C18H15ClN2O4/c1-25-17(23)14-15(10-5-3-2-4-6-10)20-18(24)21-16(14)11-7-8-13(22)12(19)9-11/h2-9,16,22H,1H3,(H2,20,21,24). The van der Waals surface area contributed by atoms with Crippen LogP contribution in [0.1, 0.15) is 17.2 Å². The maximum Gasteiger partial charge on any atom is 0.338 e. The predicted molar refractivity (Wildman–Crippen MR) is 92.9 cm³/mol. The molecule has 0 fully saturated rings. The van der Waals surface area contributed by atoms with Crippen molar-refractivity contribution in [2.24, 2.45) is 0 Å². The minimum atomic E-state index is -0.769. The molecule has 128 valence electrons. The minimum absolute atomic E-state index is 0.0856. The van der Waals surface area contributed by atoms with Crippen LogP contribution in [0.2, 0.25) is 5.02 Å². The van der Waals surface area contributed by atoms with Crippen molar-refractivity contribution in [2.45, 2.75) is 6.04 Å². The van der Waals surface area contributed by atoms with Crippen LogP contribution in [-0.2, 0) is 9.53 Å². The number of nitrogens with one attached hydrogen (secondary N) is 2. The second-order valence-corrected chi connectivity index (χ2v) is 5.80. The Morgan fingerprint density at radius 3 is 2.56 bits per heavy atom. The molecule has 6 nitrogen and oxygen atoms in total. The van der Waals surface area contributed by atoms with Crippen LogP contribution in [0.3, 0.4) is 0 Å². The highest BCUT2D eigenvalue weighted by Crippen LogP contribution is 2.34. The van der Waals surface area contributed by atoms with Crippen molar-refractivity contribution >= 4 is 29.3 Å². The molecule has 1 aliphatic rings. The predicted octanol–water partition coefficient (Wildman–Crippen LogP) is 2.98. The third-order valence-corrected chi connectivity index (χ3v) is 4.15. The van der Waals surface area contributed by atoms with Gasteiger partial charge in [-0.25, -0.2) is 9.59 Å². The molecule has 0 saturated heterocycles. The van der Waals surface area contributed by atoms with Crippen molar-refractivity contribution in [3.8, 4) is 5.75 Å². The number of carbonyl (C=O) groups is 2. The molecular weight excluding hydrogens is 344 g/mol. The number of aromatic hydroxyl groups is 1. The molecule has 7 heteroatoms.